The number of carbonyl (C=O) groups excluding carboxylic acids is 2. The van der Waals surface area contributed by atoms with E-state index in [2.05, 4.69) is 0 Å². The second-order valence-electron chi connectivity index (χ2n) is 5.95. The molecule has 5 nitrogen and oxygen atoms in total. The molecule has 5 heteroatoms. The van der Waals surface area contributed by atoms with Crippen molar-refractivity contribution in [1.82, 2.24) is 4.90 Å². The van der Waals surface area contributed by atoms with Crippen molar-refractivity contribution in [3.8, 4) is 0 Å². The third kappa shape index (κ3) is 5.94. The molecule has 0 N–H and O–H groups in total. The van der Waals surface area contributed by atoms with Gasteiger partial charge in [0.1, 0.15) is 5.60 Å². The number of hydrogen-bond acceptors (Lipinski definition) is 4. The lowest BCUT2D eigenvalue weighted by atomic mass is 10.0. The Labute approximate surface area is 115 Å². The van der Waals surface area contributed by atoms with Crippen LogP contribution in [0.3, 0.4) is 0 Å². The van der Waals surface area contributed by atoms with E-state index in [1.807, 2.05) is 20.8 Å². The number of hydrogen-bond donors (Lipinski definition) is 0. The van der Waals surface area contributed by atoms with E-state index in [9.17, 15) is 9.59 Å². The fraction of sp³-hybridized carbons (Fsp3) is 0.857. The van der Waals surface area contributed by atoms with Gasteiger partial charge in [-0.1, -0.05) is 0 Å². The maximum absolute atomic E-state index is 12.1. The minimum atomic E-state index is -0.477. The van der Waals surface area contributed by atoms with Gasteiger partial charge >= 0.3 is 12.1 Å². The van der Waals surface area contributed by atoms with Crippen molar-refractivity contribution < 1.29 is 19.1 Å². The fourth-order valence-electron chi connectivity index (χ4n) is 2.20. The molecule has 0 unspecified atom stereocenters. The Balaban J connectivity index is 2.51. The molecule has 1 atom stereocenters. The zero-order valence-electron chi connectivity index (χ0n) is 12.4. The van der Waals surface area contributed by atoms with Crippen LogP contribution in [-0.4, -0.2) is 41.8 Å². The molecule has 19 heavy (non-hydrogen) atoms. The first-order chi connectivity index (χ1) is 8.79. The monoisotopic (exact) mass is 271 g/mol. The van der Waals surface area contributed by atoms with E-state index in [-0.39, 0.29) is 18.1 Å². The number of ether oxygens (including phenoxy) is 2. The van der Waals surface area contributed by atoms with Gasteiger partial charge < -0.3 is 14.4 Å². The summed E-state index contributed by atoms with van der Waals surface area (Å²) in [7, 11) is 0. The van der Waals surface area contributed by atoms with E-state index < -0.39 is 5.60 Å². The van der Waals surface area contributed by atoms with Crippen molar-refractivity contribution in [2.45, 2.75) is 65.0 Å². The zero-order valence-corrected chi connectivity index (χ0v) is 12.4. The van der Waals surface area contributed by atoms with Gasteiger partial charge in [0.15, 0.2) is 0 Å². The van der Waals surface area contributed by atoms with Crippen LogP contribution >= 0.6 is 0 Å². The Kier molecular flexibility index (Phi) is 5.63. The maximum atomic E-state index is 12.1. The first-order valence-electron chi connectivity index (χ1n) is 6.92. The van der Waals surface area contributed by atoms with Gasteiger partial charge in [0, 0.05) is 25.9 Å². The fourth-order valence-corrected chi connectivity index (χ4v) is 2.20. The number of carbonyl (C=O) groups is 2. The van der Waals surface area contributed by atoms with Crippen LogP contribution < -0.4 is 0 Å². The average molecular weight is 271 g/mol. The van der Waals surface area contributed by atoms with Gasteiger partial charge in [0.05, 0.1) is 6.61 Å². The summed E-state index contributed by atoms with van der Waals surface area (Å²) >= 11 is 0. The van der Waals surface area contributed by atoms with Crippen molar-refractivity contribution >= 4 is 12.1 Å². The average Bonchev–Trinajstić information content (AvgIpc) is 2.26. The number of nitrogens with zero attached hydrogens (tertiary/aromatic N) is 1. The maximum Gasteiger partial charge on any atom is 0.410 e. The molecule has 0 aromatic carbocycles. The third-order valence-corrected chi connectivity index (χ3v) is 3.01. The summed E-state index contributed by atoms with van der Waals surface area (Å²) in [6.45, 7) is 8.07. The van der Waals surface area contributed by atoms with Crippen molar-refractivity contribution in [3.05, 3.63) is 0 Å². The van der Waals surface area contributed by atoms with E-state index in [4.69, 9.17) is 9.47 Å². The minimum Gasteiger partial charge on any atom is -0.466 e. The SMILES string of the molecule is CC(=O)OCC[C@@H]1CCCCN1C(=O)OC(C)(C)C. The Morgan fingerprint density at radius 1 is 1.26 bits per heavy atom. The predicted molar refractivity (Wildman–Crippen MR) is 71.8 cm³/mol. The molecule has 110 valence electrons. The Hall–Kier alpha value is -1.26. The summed E-state index contributed by atoms with van der Waals surface area (Å²) in [6, 6.07) is 0.114. The van der Waals surface area contributed by atoms with Crippen molar-refractivity contribution in [2.24, 2.45) is 0 Å². The van der Waals surface area contributed by atoms with Crippen LogP contribution in [0.4, 0.5) is 4.79 Å². The lowest BCUT2D eigenvalue weighted by Gasteiger charge is -2.36. The van der Waals surface area contributed by atoms with Crippen molar-refractivity contribution in [3.63, 3.8) is 0 Å². The topological polar surface area (TPSA) is 55.8 Å². The third-order valence-electron chi connectivity index (χ3n) is 3.01. The number of amides is 1. The van der Waals surface area contributed by atoms with Gasteiger partial charge in [0.25, 0.3) is 0 Å². The first-order valence-corrected chi connectivity index (χ1v) is 6.92. The highest BCUT2D eigenvalue weighted by Gasteiger charge is 2.30. The quantitative estimate of drug-likeness (QED) is 0.741. The summed E-state index contributed by atoms with van der Waals surface area (Å²) in [4.78, 5) is 24.7. The molecule has 0 bridgehead atoms. The van der Waals surface area contributed by atoms with E-state index in [1.54, 1.807) is 4.90 Å². The molecule has 1 aliphatic heterocycles. The lowest BCUT2D eigenvalue weighted by molar-refractivity contribution is -0.141. The molecular weight excluding hydrogens is 246 g/mol. The van der Waals surface area contributed by atoms with Crippen LogP contribution in [0.1, 0.15) is 53.4 Å². The molecular formula is C14H25NO4. The summed E-state index contributed by atoms with van der Waals surface area (Å²) in [5.41, 5.74) is -0.477. The van der Waals surface area contributed by atoms with Crippen LogP contribution in [-0.2, 0) is 14.3 Å². The van der Waals surface area contributed by atoms with Crippen LogP contribution in [0.15, 0.2) is 0 Å². The molecule has 1 amide bonds. The highest BCUT2D eigenvalue weighted by molar-refractivity contribution is 5.68. The Bertz CT molecular complexity index is 322. The van der Waals surface area contributed by atoms with Crippen molar-refractivity contribution in [1.29, 1.82) is 0 Å². The molecule has 0 aliphatic carbocycles. The van der Waals surface area contributed by atoms with Gasteiger partial charge in [-0.05, 0) is 40.0 Å². The molecule has 0 radical (unpaired) electrons. The summed E-state index contributed by atoms with van der Waals surface area (Å²) < 4.78 is 10.4. The molecule has 1 heterocycles. The number of rotatable bonds is 3. The van der Waals surface area contributed by atoms with Gasteiger partial charge in [0.2, 0.25) is 0 Å². The highest BCUT2D eigenvalue weighted by atomic mass is 16.6. The van der Waals surface area contributed by atoms with Crippen molar-refractivity contribution in [2.75, 3.05) is 13.2 Å². The summed E-state index contributed by atoms with van der Waals surface area (Å²) in [6.07, 6.45) is 3.46. The summed E-state index contributed by atoms with van der Waals surface area (Å²) in [5.74, 6) is -0.278. The van der Waals surface area contributed by atoms with Crippen LogP contribution in [0.25, 0.3) is 0 Å². The van der Waals surface area contributed by atoms with Gasteiger partial charge in [-0.2, -0.15) is 0 Å². The molecule has 0 saturated carbocycles. The number of esters is 1. The lowest BCUT2D eigenvalue weighted by Crippen LogP contribution is -2.46. The standard InChI is InChI=1S/C14H25NO4/c1-11(16)18-10-8-12-7-5-6-9-15(12)13(17)19-14(2,3)4/h12H,5-10H2,1-4H3/t12-/m0/s1. The van der Waals surface area contributed by atoms with E-state index in [0.717, 1.165) is 25.8 Å². The predicted octanol–water partition coefficient (Wildman–Crippen LogP) is 2.73. The number of piperidine rings is 1. The second-order valence-corrected chi connectivity index (χ2v) is 5.95. The molecule has 1 fully saturated rings. The Morgan fingerprint density at radius 2 is 1.95 bits per heavy atom. The molecule has 1 saturated heterocycles. The van der Waals surface area contributed by atoms with E-state index in [0.29, 0.717) is 13.0 Å². The van der Waals surface area contributed by atoms with Gasteiger partial charge in [-0.15, -0.1) is 0 Å². The highest BCUT2D eigenvalue weighted by Crippen LogP contribution is 2.22. The van der Waals surface area contributed by atoms with Crippen LogP contribution in [0.5, 0.6) is 0 Å². The number of likely N-dealkylation sites (tertiary alicyclic amines) is 1. The minimum absolute atomic E-state index is 0.114. The molecule has 0 aromatic rings. The largest absolute Gasteiger partial charge is 0.466 e. The Morgan fingerprint density at radius 3 is 2.53 bits per heavy atom. The molecule has 0 aromatic heterocycles. The second kappa shape index (κ2) is 6.78. The van der Waals surface area contributed by atoms with Crippen LogP contribution in [0.2, 0.25) is 0 Å². The normalized spacial score (nSPS) is 20.0. The smallest absolute Gasteiger partial charge is 0.410 e. The van der Waals surface area contributed by atoms with E-state index >= 15 is 0 Å². The van der Waals surface area contributed by atoms with E-state index in [1.165, 1.54) is 6.92 Å². The molecule has 1 aliphatic rings. The van der Waals surface area contributed by atoms with Gasteiger partial charge in [-0.25, -0.2) is 4.79 Å². The zero-order chi connectivity index (χ0) is 14.5. The molecule has 1 rings (SSSR count). The van der Waals surface area contributed by atoms with Gasteiger partial charge in [-0.3, -0.25) is 4.79 Å². The van der Waals surface area contributed by atoms with Crippen LogP contribution in [0, 0.1) is 0 Å². The summed E-state index contributed by atoms with van der Waals surface area (Å²) in [5, 5.41) is 0. The first kappa shape index (κ1) is 15.8. The molecule has 0 spiro atoms.